The average molecular weight is 227 g/mol. The van der Waals surface area contributed by atoms with Crippen LogP contribution in [0.2, 0.25) is 0 Å². The summed E-state index contributed by atoms with van der Waals surface area (Å²) >= 11 is 0. The van der Waals surface area contributed by atoms with Crippen molar-refractivity contribution in [2.24, 2.45) is 0 Å². The fourth-order valence-electron chi connectivity index (χ4n) is 1.82. The largest absolute Gasteiger partial charge is 0.434 e. The Kier molecular flexibility index (Phi) is 3.16. The lowest BCUT2D eigenvalue weighted by atomic mass is 10.3. The van der Waals surface area contributed by atoms with Gasteiger partial charge in [-0.1, -0.05) is 0 Å². The highest BCUT2D eigenvalue weighted by atomic mass is 16.8. The van der Waals surface area contributed by atoms with Gasteiger partial charge in [-0.2, -0.15) is 4.68 Å². The minimum absolute atomic E-state index is 0.146. The monoisotopic (exact) mass is 227 g/mol. The Bertz CT molecular complexity index is 390. The third-order valence-electron chi connectivity index (χ3n) is 2.63. The van der Waals surface area contributed by atoms with Gasteiger partial charge in [0.1, 0.15) is 7.11 Å². The lowest BCUT2D eigenvalue weighted by Crippen LogP contribution is -2.35. The molecule has 0 radical (unpaired) electrons. The van der Waals surface area contributed by atoms with Crippen LogP contribution in [0.25, 0.3) is 0 Å². The Morgan fingerprint density at radius 3 is 3.12 bits per heavy atom. The van der Waals surface area contributed by atoms with Gasteiger partial charge < -0.3 is 9.94 Å². The van der Waals surface area contributed by atoms with E-state index < -0.39 is 0 Å². The second-order valence-corrected chi connectivity index (χ2v) is 3.66. The van der Waals surface area contributed by atoms with E-state index in [1.807, 2.05) is 0 Å². The molecule has 2 heterocycles. The number of rotatable bonds is 4. The molecule has 7 heteroatoms. The Morgan fingerprint density at radius 2 is 2.44 bits per heavy atom. The zero-order valence-corrected chi connectivity index (χ0v) is 9.17. The molecular formula is C9H15N4O3+. The molecule has 2 rings (SSSR count). The van der Waals surface area contributed by atoms with Gasteiger partial charge in [0.05, 0.1) is 30.0 Å². The molecule has 1 aliphatic rings. The summed E-state index contributed by atoms with van der Waals surface area (Å²) in [6.07, 6.45) is 0. The fraction of sp³-hybridized carbons (Fsp3) is 0.667. The maximum absolute atomic E-state index is 11.2. The number of aliphatic hydroxyl groups is 1. The van der Waals surface area contributed by atoms with Gasteiger partial charge in [0, 0.05) is 19.6 Å². The van der Waals surface area contributed by atoms with Crippen molar-refractivity contribution < 1.29 is 14.9 Å². The van der Waals surface area contributed by atoms with Crippen molar-refractivity contribution >= 4 is 5.82 Å². The van der Waals surface area contributed by atoms with E-state index in [1.165, 1.54) is 7.11 Å². The summed E-state index contributed by atoms with van der Waals surface area (Å²) in [5.41, 5.74) is 0.965. The van der Waals surface area contributed by atoms with Crippen molar-refractivity contribution in [1.82, 2.24) is 14.7 Å². The predicted molar refractivity (Wildman–Crippen MR) is 54.9 cm³/mol. The Hall–Kier alpha value is -1.47. The van der Waals surface area contributed by atoms with Crippen LogP contribution in [0.15, 0.2) is 6.07 Å². The number of β-amino-alcohol motifs (C(OH)–C–C–N with tert-alkyl or cyclic N) is 1. The van der Waals surface area contributed by atoms with E-state index in [-0.39, 0.29) is 12.4 Å². The van der Waals surface area contributed by atoms with Gasteiger partial charge in [-0.15, -0.1) is 0 Å². The molecular weight excluding hydrogens is 212 g/mol. The van der Waals surface area contributed by atoms with E-state index in [0.29, 0.717) is 18.0 Å². The van der Waals surface area contributed by atoms with Crippen LogP contribution in [0, 0.1) is 4.91 Å². The molecule has 0 amide bonds. The summed E-state index contributed by atoms with van der Waals surface area (Å²) in [4.78, 5) is 18.2. The molecule has 0 atom stereocenters. The van der Waals surface area contributed by atoms with Crippen LogP contribution < -0.4 is 0 Å². The standard InChI is InChI=1S/C9H15N4O3/c1-16-13(15)9-6-8-7-11(4-5-14)2-3-12(8)10-9/h6,14H,2-5,7H2,1H3/q+1. The lowest BCUT2D eigenvalue weighted by Gasteiger charge is -2.24. The zero-order chi connectivity index (χ0) is 11.5. The molecule has 1 aromatic rings. The highest BCUT2D eigenvalue weighted by Crippen LogP contribution is 2.17. The van der Waals surface area contributed by atoms with E-state index in [9.17, 15) is 4.91 Å². The maximum atomic E-state index is 11.2. The molecule has 1 N–H and O–H groups in total. The summed E-state index contributed by atoms with van der Waals surface area (Å²) in [5, 5.41) is 13.0. The number of fused-ring (bicyclic) bond motifs is 1. The fourth-order valence-corrected chi connectivity index (χ4v) is 1.82. The molecule has 0 saturated carbocycles. The molecule has 0 saturated heterocycles. The molecule has 0 fully saturated rings. The molecule has 0 aromatic carbocycles. The van der Waals surface area contributed by atoms with E-state index >= 15 is 0 Å². The van der Waals surface area contributed by atoms with Gasteiger partial charge in [-0.25, -0.2) is 0 Å². The minimum atomic E-state index is 0.146. The first-order chi connectivity index (χ1) is 7.74. The van der Waals surface area contributed by atoms with E-state index in [4.69, 9.17) is 5.11 Å². The van der Waals surface area contributed by atoms with Crippen LogP contribution >= 0.6 is 0 Å². The number of aromatic nitrogens is 2. The maximum Gasteiger partial charge on any atom is 0.434 e. The van der Waals surface area contributed by atoms with Gasteiger partial charge in [0.2, 0.25) is 0 Å². The molecule has 0 unspecified atom stereocenters. The zero-order valence-electron chi connectivity index (χ0n) is 9.17. The van der Waals surface area contributed by atoms with Gasteiger partial charge in [-0.3, -0.25) is 4.90 Å². The highest BCUT2D eigenvalue weighted by Gasteiger charge is 2.26. The first-order valence-corrected chi connectivity index (χ1v) is 5.16. The summed E-state index contributed by atoms with van der Waals surface area (Å²) in [5.74, 6) is 0.267. The molecule has 0 aliphatic carbocycles. The SMILES string of the molecule is CO[N+](=O)c1cc2n(n1)CCN(CCO)C2. The van der Waals surface area contributed by atoms with Crippen LogP contribution in [0.1, 0.15) is 5.69 Å². The molecule has 0 spiro atoms. The number of aliphatic hydroxyl groups excluding tert-OH is 1. The lowest BCUT2D eigenvalue weighted by molar-refractivity contribution is -0.739. The van der Waals surface area contributed by atoms with Crippen molar-refractivity contribution in [3.05, 3.63) is 16.7 Å². The first-order valence-electron chi connectivity index (χ1n) is 5.16. The van der Waals surface area contributed by atoms with Gasteiger partial charge in [0.25, 0.3) is 0 Å². The van der Waals surface area contributed by atoms with E-state index in [0.717, 1.165) is 18.8 Å². The third-order valence-corrected chi connectivity index (χ3v) is 2.63. The summed E-state index contributed by atoms with van der Waals surface area (Å²) in [7, 11) is 1.31. The van der Waals surface area contributed by atoms with Crippen molar-refractivity contribution in [3.63, 3.8) is 0 Å². The van der Waals surface area contributed by atoms with Crippen LogP contribution in [0.5, 0.6) is 0 Å². The quantitative estimate of drug-likeness (QED) is 0.713. The van der Waals surface area contributed by atoms with Crippen molar-refractivity contribution in [2.75, 3.05) is 26.8 Å². The summed E-state index contributed by atoms with van der Waals surface area (Å²) < 4.78 is 1.80. The average Bonchev–Trinajstić information content (AvgIpc) is 2.71. The van der Waals surface area contributed by atoms with Crippen LogP contribution in [-0.4, -0.2) is 51.5 Å². The summed E-state index contributed by atoms with van der Waals surface area (Å²) in [6, 6.07) is 1.71. The highest BCUT2D eigenvalue weighted by molar-refractivity contribution is 5.22. The smallest absolute Gasteiger partial charge is 0.395 e. The summed E-state index contributed by atoms with van der Waals surface area (Å²) in [6.45, 7) is 3.05. The Balaban J connectivity index is 2.13. The molecule has 7 nitrogen and oxygen atoms in total. The topological polar surface area (TPSA) is 70.6 Å². The Morgan fingerprint density at radius 1 is 1.62 bits per heavy atom. The Labute approximate surface area is 92.7 Å². The molecule has 16 heavy (non-hydrogen) atoms. The van der Waals surface area contributed by atoms with Crippen molar-refractivity contribution in [2.45, 2.75) is 13.1 Å². The van der Waals surface area contributed by atoms with Crippen molar-refractivity contribution in [1.29, 1.82) is 0 Å². The number of hydrogen-bond donors (Lipinski definition) is 1. The molecule has 0 bridgehead atoms. The number of hydrogen-bond acceptors (Lipinski definition) is 5. The van der Waals surface area contributed by atoms with Gasteiger partial charge in [0.15, 0.2) is 4.92 Å². The van der Waals surface area contributed by atoms with Crippen molar-refractivity contribution in [3.8, 4) is 0 Å². The van der Waals surface area contributed by atoms with Crippen LogP contribution in [0.4, 0.5) is 5.82 Å². The van der Waals surface area contributed by atoms with E-state index in [1.54, 1.807) is 10.7 Å². The number of nitrogens with zero attached hydrogens (tertiary/aromatic N) is 4. The molecule has 1 aliphatic heterocycles. The third kappa shape index (κ3) is 2.05. The normalized spacial score (nSPS) is 15.9. The van der Waals surface area contributed by atoms with E-state index in [2.05, 4.69) is 14.8 Å². The molecule has 1 aromatic heterocycles. The molecule has 88 valence electrons. The van der Waals surface area contributed by atoms with Crippen LogP contribution in [0.3, 0.4) is 0 Å². The second-order valence-electron chi connectivity index (χ2n) is 3.66. The second kappa shape index (κ2) is 4.58. The van der Waals surface area contributed by atoms with Gasteiger partial charge >= 0.3 is 5.82 Å². The first kappa shape index (κ1) is 11.0. The van der Waals surface area contributed by atoms with Gasteiger partial charge in [-0.05, 0) is 4.91 Å². The predicted octanol–water partition coefficient (Wildman–Crippen LogP) is -0.337. The van der Waals surface area contributed by atoms with Crippen LogP contribution in [-0.2, 0) is 17.9 Å². The minimum Gasteiger partial charge on any atom is -0.395 e.